The Bertz CT molecular complexity index is 165. The summed E-state index contributed by atoms with van der Waals surface area (Å²) in [4.78, 5) is 10.4. The van der Waals surface area contributed by atoms with Gasteiger partial charge in [0, 0.05) is 0 Å². The van der Waals surface area contributed by atoms with Gasteiger partial charge in [0.1, 0.15) is 0 Å². The van der Waals surface area contributed by atoms with Gasteiger partial charge < -0.3 is 10.1 Å². The summed E-state index contributed by atoms with van der Waals surface area (Å²) in [5.41, 5.74) is 0. The quantitative estimate of drug-likeness (QED) is 0.543. The maximum absolute atomic E-state index is 10.4. The van der Waals surface area contributed by atoms with Crippen LogP contribution in [-0.4, -0.2) is 19.2 Å². The van der Waals surface area contributed by atoms with E-state index in [9.17, 15) is 4.79 Å². The van der Waals surface area contributed by atoms with E-state index in [0.717, 1.165) is 0 Å². The van der Waals surface area contributed by atoms with Crippen molar-refractivity contribution in [2.24, 2.45) is 0 Å². The van der Waals surface area contributed by atoms with Crippen molar-refractivity contribution in [2.45, 2.75) is 0 Å². The van der Waals surface area contributed by atoms with Crippen LogP contribution in [0.4, 0.5) is 4.79 Å². The van der Waals surface area contributed by atoms with Crippen LogP contribution in [0.1, 0.15) is 0 Å². The molecule has 0 aromatic heterocycles. The highest BCUT2D eigenvalue weighted by atomic mass is 16.5. The molecule has 1 N–H and O–H groups in total. The molecule has 1 amide bonds. The summed E-state index contributed by atoms with van der Waals surface area (Å²) in [7, 11) is 0. The number of terminal acetylenes is 2. The molecule has 3 heteroatoms. The van der Waals surface area contributed by atoms with Crippen LogP contribution in [0.2, 0.25) is 0 Å². The minimum atomic E-state index is -0.587. The van der Waals surface area contributed by atoms with Crippen molar-refractivity contribution < 1.29 is 9.53 Å². The molecule has 0 radical (unpaired) electrons. The Labute approximate surface area is 59.8 Å². The summed E-state index contributed by atoms with van der Waals surface area (Å²) >= 11 is 0. The number of amides is 1. The van der Waals surface area contributed by atoms with E-state index in [-0.39, 0.29) is 13.2 Å². The van der Waals surface area contributed by atoms with Crippen LogP contribution in [0.3, 0.4) is 0 Å². The predicted molar refractivity (Wildman–Crippen MR) is 37.0 cm³/mol. The minimum Gasteiger partial charge on any atom is -0.436 e. The Morgan fingerprint density at radius 1 is 1.50 bits per heavy atom. The summed E-state index contributed by atoms with van der Waals surface area (Å²) in [6.07, 6.45) is 9.07. The van der Waals surface area contributed by atoms with Crippen molar-refractivity contribution >= 4 is 6.09 Å². The zero-order valence-electron chi connectivity index (χ0n) is 5.39. The van der Waals surface area contributed by atoms with Gasteiger partial charge in [0.15, 0.2) is 6.61 Å². The van der Waals surface area contributed by atoms with E-state index in [2.05, 4.69) is 21.9 Å². The maximum Gasteiger partial charge on any atom is 0.408 e. The summed E-state index contributed by atoms with van der Waals surface area (Å²) in [5, 5.41) is 2.27. The standard InChI is InChI=1S/C7H7NO2/c1-3-5-8-7(9)10-6-4-2/h1-2H,5-6H2,(H,8,9). The van der Waals surface area contributed by atoms with Crippen molar-refractivity contribution in [1.82, 2.24) is 5.32 Å². The molecule has 0 bridgehead atoms. The highest BCUT2D eigenvalue weighted by Crippen LogP contribution is 1.73. The van der Waals surface area contributed by atoms with Gasteiger partial charge in [-0.2, -0.15) is 0 Å². The smallest absolute Gasteiger partial charge is 0.408 e. The summed E-state index contributed by atoms with van der Waals surface area (Å²) in [6.45, 7) is 0.125. The highest BCUT2D eigenvalue weighted by molar-refractivity contribution is 5.67. The SMILES string of the molecule is C#CCNC(=O)OCC#C. The Hall–Kier alpha value is -1.61. The van der Waals surface area contributed by atoms with Crippen LogP contribution in [0.15, 0.2) is 0 Å². The van der Waals surface area contributed by atoms with E-state index in [1.54, 1.807) is 0 Å². The van der Waals surface area contributed by atoms with Gasteiger partial charge in [-0.1, -0.05) is 11.8 Å². The van der Waals surface area contributed by atoms with E-state index in [1.807, 2.05) is 0 Å². The second kappa shape index (κ2) is 5.53. The van der Waals surface area contributed by atoms with Gasteiger partial charge in [0.2, 0.25) is 0 Å². The number of hydrogen-bond acceptors (Lipinski definition) is 2. The topological polar surface area (TPSA) is 38.3 Å². The molecule has 0 aliphatic rings. The van der Waals surface area contributed by atoms with Crippen molar-refractivity contribution in [1.29, 1.82) is 0 Å². The summed E-state index contributed by atoms with van der Waals surface area (Å²) in [6, 6.07) is 0. The van der Waals surface area contributed by atoms with Gasteiger partial charge in [-0.15, -0.1) is 12.8 Å². The first-order valence-electron chi connectivity index (χ1n) is 2.58. The van der Waals surface area contributed by atoms with Crippen LogP contribution in [0, 0.1) is 24.7 Å². The normalized spacial score (nSPS) is 7.00. The van der Waals surface area contributed by atoms with Crippen molar-refractivity contribution in [2.75, 3.05) is 13.2 Å². The first-order valence-corrected chi connectivity index (χ1v) is 2.58. The first-order chi connectivity index (χ1) is 4.81. The van der Waals surface area contributed by atoms with Crippen molar-refractivity contribution in [3.05, 3.63) is 0 Å². The number of carbonyl (C=O) groups is 1. The van der Waals surface area contributed by atoms with Crippen molar-refractivity contribution in [3.63, 3.8) is 0 Å². The van der Waals surface area contributed by atoms with Gasteiger partial charge in [-0.3, -0.25) is 0 Å². The van der Waals surface area contributed by atoms with Crippen LogP contribution in [-0.2, 0) is 4.74 Å². The molecule has 0 unspecified atom stereocenters. The number of nitrogens with one attached hydrogen (secondary N) is 1. The van der Waals surface area contributed by atoms with Gasteiger partial charge in [0.05, 0.1) is 6.54 Å². The fourth-order valence-corrected chi connectivity index (χ4v) is 0.281. The first kappa shape index (κ1) is 8.39. The third-order valence-electron chi connectivity index (χ3n) is 0.621. The average molecular weight is 137 g/mol. The molecule has 0 heterocycles. The van der Waals surface area contributed by atoms with Gasteiger partial charge >= 0.3 is 6.09 Å². The average Bonchev–Trinajstić information content (AvgIpc) is 1.97. The summed E-state index contributed by atoms with van der Waals surface area (Å²) < 4.78 is 4.41. The zero-order chi connectivity index (χ0) is 7.82. The lowest BCUT2D eigenvalue weighted by Gasteiger charge is -1.98. The van der Waals surface area contributed by atoms with E-state index in [1.165, 1.54) is 0 Å². The Morgan fingerprint density at radius 3 is 2.70 bits per heavy atom. The van der Waals surface area contributed by atoms with Crippen molar-refractivity contribution in [3.8, 4) is 24.7 Å². The molecule has 0 aromatic carbocycles. The Morgan fingerprint density at radius 2 is 2.20 bits per heavy atom. The Kier molecular flexibility index (Phi) is 4.64. The molecule has 0 fully saturated rings. The lowest BCUT2D eigenvalue weighted by atomic mass is 10.7. The highest BCUT2D eigenvalue weighted by Gasteiger charge is 1.95. The van der Waals surface area contributed by atoms with Gasteiger partial charge in [0.25, 0.3) is 0 Å². The van der Waals surface area contributed by atoms with E-state index < -0.39 is 6.09 Å². The number of carbonyl (C=O) groups excluding carboxylic acids is 1. The fourth-order valence-electron chi connectivity index (χ4n) is 0.281. The number of rotatable bonds is 2. The lowest BCUT2D eigenvalue weighted by Crippen LogP contribution is -2.24. The third-order valence-corrected chi connectivity index (χ3v) is 0.621. The van der Waals surface area contributed by atoms with Gasteiger partial charge in [-0.25, -0.2) is 4.79 Å². The van der Waals surface area contributed by atoms with E-state index in [4.69, 9.17) is 12.8 Å². The van der Waals surface area contributed by atoms with Crippen LogP contribution >= 0.6 is 0 Å². The molecule has 0 spiro atoms. The fraction of sp³-hybridized carbons (Fsp3) is 0.286. The minimum absolute atomic E-state index is 0.0313. The van der Waals surface area contributed by atoms with E-state index in [0.29, 0.717) is 0 Å². The molecule has 0 aliphatic heterocycles. The summed E-state index contributed by atoms with van der Waals surface area (Å²) in [5.74, 6) is 4.35. The van der Waals surface area contributed by atoms with Crippen LogP contribution < -0.4 is 5.32 Å². The van der Waals surface area contributed by atoms with E-state index >= 15 is 0 Å². The molecular weight excluding hydrogens is 130 g/mol. The lowest BCUT2D eigenvalue weighted by molar-refractivity contribution is 0.161. The molecule has 0 saturated carbocycles. The molecule has 0 rings (SSSR count). The van der Waals surface area contributed by atoms with Crippen LogP contribution in [0.5, 0.6) is 0 Å². The third kappa shape index (κ3) is 4.55. The zero-order valence-corrected chi connectivity index (χ0v) is 5.39. The predicted octanol–water partition coefficient (Wildman–Crippen LogP) is -0.0210. The monoisotopic (exact) mass is 137 g/mol. The van der Waals surface area contributed by atoms with Crippen LogP contribution in [0.25, 0.3) is 0 Å². The maximum atomic E-state index is 10.4. The second-order valence-electron chi connectivity index (χ2n) is 1.34. The Balaban J connectivity index is 3.30. The number of ether oxygens (including phenoxy) is 1. The molecule has 0 aliphatic carbocycles. The molecule has 3 nitrogen and oxygen atoms in total. The molecule has 0 atom stereocenters. The molecule has 10 heavy (non-hydrogen) atoms. The molecule has 52 valence electrons. The molecule has 0 aromatic rings. The second-order valence-corrected chi connectivity index (χ2v) is 1.34. The molecular formula is C7H7NO2. The largest absolute Gasteiger partial charge is 0.436 e. The molecule has 0 saturated heterocycles. The van der Waals surface area contributed by atoms with Gasteiger partial charge in [-0.05, 0) is 0 Å². The number of hydrogen-bond donors (Lipinski definition) is 1. The number of alkyl carbamates (subject to hydrolysis) is 1.